The van der Waals surface area contributed by atoms with Gasteiger partial charge in [-0.15, -0.1) is 0 Å². The maximum absolute atomic E-state index is 12.2. The number of carbonyl (C=O) groups is 2. The molecule has 0 aliphatic carbocycles. The van der Waals surface area contributed by atoms with Crippen LogP contribution in [0.1, 0.15) is 31.8 Å². The van der Waals surface area contributed by atoms with Crippen LogP contribution >= 0.6 is 0 Å². The first-order valence-corrected chi connectivity index (χ1v) is 6.20. The molecule has 0 aliphatic rings. The number of benzene rings is 2. The van der Waals surface area contributed by atoms with Crippen molar-refractivity contribution >= 4 is 17.6 Å². The highest BCUT2D eigenvalue weighted by Gasteiger charge is 2.13. The lowest BCUT2D eigenvalue weighted by molar-refractivity contribution is 0.0695. The Morgan fingerprint density at radius 1 is 0.950 bits per heavy atom. The Bertz CT molecular complexity index is 677. The van der Waals surface area contributed by atoms with Gasteiger partial charge in [0.25, 0.3) is 5.91 Å². The topological polar surface area (TPSA) is 66.4 Å². The van der Waals surface area contributed by atoms with Crippen molar-refractivity contribution in [3.05, 3.63) is 64.7 Å². The summed E-state index contributed by atoms with van der Waals surface area (Å²) in [4.78, 5) is 23.3. The average molecular weight is 269 g/mol. The number of carboxylic acids is 1. The van der Waals surface area contributed by atoms with Gasteiger partial charge in [-0.2, -0.15) is 0 Å². The molecule has 2 N–H and O–H groups in total. The van der Waals surface area contributed by atoms with Gasteiger partial charge in [-0.25, -0.2) is 4.79 Å². The second-order valence-electron chi connectivity index (χ2n) is 4.55. The first kappa shape index (κ1) is 13.8. The molecule has 0 heterocycles. The zero-order chi connectivity index (χ0) is 14.7. The Morgan fingerprint density at radius 2 is 1.60 bits per heavy atom. The second-order valence-corrected chi connectivity index (χ2v) is 4.55. The van der Waals surface area contributed by atoms with E-state index in [0.717, 1.165) is 5.56 Å². The van der Waals surface area contributed by atoms with Crippen molar-refractivity contribution in [1.29, 1.82) is 0 Å². The van der Waals surface area contributed by atoms with E-state index < -0.39 is 5.97 Å². The normalized spacial score (nSPS) is 10.1. The lowest BCUT2D eigenvalue weighted by Gasteiger charge is -2.11. The lowest BCUT2D eigenvalue weighted by Crippen LogP contribution is -2.15. The maximum atomic E-state index is 12.2. The van der Waals surface area contributed by atoms with Gasteiger partial charge in [-0.3, -0.25) is 4.79 Å². The summed E-state index contributed by atoms with van der Waals surface area (Å²) in [6.45, 7) is 3.53. The number of anilines is 1. The highest BCUT2D eigenvalue weighted by atomic mass is 16.4. The van der Waals surface area contributed by atoms with E-state index in [9.17, 15) is 9.59 Å². The standard InChI is InChI=1S/C16H15NO3/c1-10-6-3-4-7-12(10)15(18)17-14-9-5-8-13(11(14)2)16(19)20/h3-9H,1-2H3,(H,17,18)(H,19,20). The number of aromatic carboxylic acids is 1. The minimum Gasteiger partial charge on any atom is -0.478 e. The fraction of sp³-hybridized carbons (Fsp3) is 0.125. The third-order valence-corrected chi connectivity index (χ3v) is 3.20. The van der Waals surface area contributed by atoms with E-state index in [1.165, 1.54) is 6.07 Å². The summed E-state index contributed by atoms with van der Waals surface area (Å²) in [5.74, 6) is -1.25. The predicted molar refractivity (Wildman–Crippen MR) is 77.3 cm³/mol. The number of rotatable bonds is 3. The molecule has 0 unspecified atom stereocenters. The average Bonchev–Trinajstić information content (AvgIpc) is 2.41. The molecule has 2 rings (SSSR count). The zero-order valence-corrected chi connectivity index (χ0v) is 11.3. The van der Waals surface area contributed by atoms with Crippen LogP contribution in [-0.2, 0) is 0 Å². The SMILES string of the molecule is Cc1ccccc1C(=O)Nc1cccc(C(=O)O)c1C. The van der Waals surface area contributed by atoms with Crippen LogP contribution in [0.2, 0.25) is 0 Å². The van der Waals surface area contributed by atoms with Crippen LogP contribution in [0.5, 0.6) is 0 Å². The van der Waals surface area contributed by atoms with Gasteiger partial charge in [0.05, 0.1) is 5.56 Å². The molecule has 2 aromatic rings. The van der Waals surface area contributed by atoms with Crippen molar-refractivity contribution in [3.63, 3.8) is 0 Å². The molecule has 0 radical (unpaired) electrons. The zero-order valence-electron chi connectivity index (χ0n) is 11.3. The van der Waals surface area contributed by atoms with Crippen molar-refractivity contribution in [2.45, 2.75) is 13.8 Å². The van der Waals surface area contributed by atoms with Gasteiger partial charge < -0.3 is 10.4 Å². The van der Waals surface area contributed by atoms with Crippen LogP contribution in [-0.4, -0.2) is 17.0 Å². The maximum Gasteiger partial charge on any atom is 0.336 e. The number of carbonyl (C=O) groups excluding carboxylic acids is 1. The summed E-state index contributed by atoms with van der Waals surface area (Å²) < 4.78 is 0. The van der Waals surface area contributed by atoms with Crippen molar-refractivity contribution < 1.29 is 14.7 Å². The van der Waals surface area contributed by atoms with Crippen LogP contribution < -0.4 is 5.32 Å². The van der Waals surface area contributed by atoms with Crippen LogP contribution in [0.15, 0.2) is 42.5 Å². The van der Waals surface area contributed by atoms with E-state index in [1.807, 2.05) is 19.1 Å². The van der Waals surface area contributed by atoms with E-state index in [4.69, 9.17) is 5.11 Å². The lowest BCUT2D eigenvalue weighted by atomic mass is 10.1. The molecule has 4 nitrogen and oxygen atoms in total. The molecule has 0 saturated heterocycles. The monoisotopic (exact) mass is 269 g/mol. The van der Waals surface area contributed by atoms with E-state index in [0.29, 0.717) is 16.8 Å². The first-order chi connectivity index (χ1) is 9.50. The Kier molecular flexibility index (Phi) is 3.84. The quantitative estimate of drug-likeness (QED) is 0.898. The molecule has 0 aromatic heterocycles. The molecule has 0 atom stereocenters. The smallest absolute Gasteiger partial charge is 0.336 e. The predicted octanol–water partition coefficient (Wildman–Crippen LogP) is 3.25. The molecule has 0 bridgehead atoms. The molecule has 0 saturated carbocycles. The Hall–Kier alpha value is -2.62. The summed E-state index contributed by atoms with van der Waals surface area (Å²) in [7, 11) is 0. The molecule has 102 valence electrons. The number of hydrogen-bond donors (Lipinski definition) is 2. The minimum absolute atomic E-state index is 0.188. The first-order valence-electron chi connectivity index (χ1n) is 6.20. The minimum atomic E-state index is -1.01. The summed E-state index contributed by atoms with van der Waals surface area (Å²) in [6.07, 6.45) is 0. The van der Waals surface area contributed by atoms with Gasteiger partial charge in [0.2, 0.25) is 0 Å². The highest BCUT2D eigenvalue weighted by molar-refractivity contribution is 6.06. The summed E-state index contributed by atoms with van der Waals surface area (Å²) in [6, 6.07) is 12.1. The van der Waals surface area contributed by atoms with Gasteiger partial charge in [-0.05, 0) is 43.2 Å². The molecule has 0 aliphatic heterocycles. The summed E-state index contributed by atoms with van der Waals surface area (Å²) in [5.41, 5.74) is 2.69. The Morgan fingerprint density at radius 3 is 2.25 bits per heavy atom. The van der Waals surface area contributed by atoms with E-state index in [2.05, 4.69) is 5.32 Å². The van der Waals surface area contributed by atoms with Crippen molar-refractivity contribution in [2.75, 3.05) is 5.32 Å². The number of carboxylic acid groups (broad SMARTS) is 1. The van der Waals surface area contributed by atoms with Crippen molar-refractivity contribution in [2.24, 2.45) is 0 Å². The summed E-state index contributed by atoms with van der Waals surface area (Å²) >= 11 is 0. The molecule has 4 heteroatoms. The molecular weight excluding hydrogens is 254 g/mol. The van der Waals surface area contributed by atoms with Gasteiger partial charge in [-0.1, -0.05) is 24.3 Å². The van der Waals surface area contributed by atoms with Crippen LogP contribution in [0.25, 0.3) is 0 Å². The van der Waals surface area contributed by atoms with Gasteiger partial charge in [0.1, 0.15) is 0 Å². The van der Waals surface area contributed by atoms with Gasteiger partial charge in [0, 0.05) is 11.3 Å². The largest absolute Gasteiger partial charge is 0.478 e. The second kappa shape index (κ2) is 5.57. The van der Waals surface area contributed by atoms with Gasteiger partial charge >= 0.3 is 5.97 Å². The number of amides is 1. The molecule has 2 aromatic carbocycles. The van der Waals surface area contributed by atoms with Crippen LogP contribution in [0.4, 0.5) is 5.69 Å². The fourth-order valence-electron chi connectivity index (χ4n) is 2.02. The van der Waals surface area contributed by atoms with E-state index in [1.54, 1.807) is 31.2 Å². The van der Waals surface area contributed by atoms with E-state index >= 15 is 0 Å². The highest BCUT2D eigenvalue weighted by Crippen LogP contribution is 2.20. The molecule has 0 spiro atoms. The summed E-state index contributed by atoms with van der Waals surface area (Å²) in [5, 5.41) is 11.8. The molecule has 1 amide bonds. The number of hydrogen-bond acceptors (Lipinski definition) is 2. The third-order valence-electron chi connectivity index (χ3n) is 3.20. The molecule has 20 heavy (non-hydrogen) atoms. The van der Waals surface area contributed by atoms with Crippen molar-refractivity contribution in [1.82, 2.24) is 0 Å². The van der Waals surface area contributed by atoms with Crippen molar-refractivity contribution in [3.8, 4) is 0 Å². The van der Waals surface area contributed by atoms with Crippen LogP contribution in [0.3, 0.4) is 0 Å². The fourth-order valence-corrected chi connectivity index (χ4v) is 2.02. The number of aryl methyl sites for hydroxylation is 1. The molecular formula is C16H15NO3. The van der Waals surface area contributed by atoms with Gasteiger partial charge in [0.15, 0.2) is 0 Å². The number of nitrogens with one attached hydrogen (secondary N) is 1. The molecule has 0 fully saturated rings. The Labute approximate surface area is 117 Å². The van der Waals surface area contributed by atoms with E-state index in [-0.39, 0.29) is 11.5 Å². The van der Waals surface area contributed by atoms with Crippen LogP contribution in [0, 0.1) is 13.8 Å². The third kappa shape index (κ3) is 2.69. The Balaban J connectivity index is 2.32.